The van der Waals surface area contributed by atoms with Gasteiger partial charge in [0.25, 0.3) is 5.91 Å². The Morgan fingerprint density at radius 3 is 2.51 bits per heavy atom. The quantitative estimate of drug-likeness (QED) is 0.133. The Bertz CT molecular complexity index is 1610. The van der Waals surface area contributed by atoms with Crippen molar-refractivity contribution >= 4 is 78.9 Å². The standard InChI is InChI=1S/C29H21BrN2O5S2/c30-20-9-7-18(8-10-20)25(33)16-37-21-11-5-17(6-12-21)13-26-27(34)32(29(38)39-26)24(28(35)36)14-19-15-31-23-4-2-1-3-22(19)23/h1-13,15,24,31H,14,16H2,(H,35,36)/b26-13-/t24-/m0/s1. The van der Waals surface area contributed by atoms with Gasteiger partial charge in [-0.05, 0) is 47.5 Å². The van der Waals surface area contributed by atoms with Crippen LogP contribution < -0.4 is 4.74 Å². The number of fused-ring (bicyclic) bond motifs is 1. The first kappa shape index (κ1) is 26.9. The van der Waals surface area contributed by atoms with Gasteiger partial charge in [-0.2, -0.15) is 0 Å². The first-order valence-corrected chi connectivity index (χ1v) is 13.9. The highest BCUT2D eigenvalue weighted by Crippen LogP contribution is 2.35. The van der Waals surface area contributed by atoms with Gasteiger partial charge in [-0.25, -0.2) is 4.79 Å². The molecular weight excluding hydrogens is 600 g/mol. The number of hydrogen-bond acceptors (Lipinski definition) is 6. The minimum Gasteiger partial charge on any atom is -0.485 e. The van der Waals surface area contributed by atoms with E-state index in [9.17, 15) is 19.5 Å². The molecule has 1 fully saturated rings. The van der Waals surface area contributed by atoms with Gasteiger partial charge in [0.2, 0.25) is 0 Å². The molecule has 1 saturated heterocycles. The number of carbonyl (C=O) groups is 3. The van der Waals surface area contributed by atoms with Crippen molar-refractivity contribution in [3.8, 4) is 5.75 Å². The number of benzene rings is 3. The normalized spacial score (nSPS) is 15.2. The third-order valence-corrected chi connectivity index (χ3v) is 8.08. The number of carboxylic acid groups (broad SMARTS) is 1. The number of aromatic amines is 1. The Labute approximate surface area is 242 Å². The number of thiocarbonyl (C=S) groups is 1. The number of H-pyrrole nitrogens is 1. The van der Waals surface area contributed by atoms with E-state index >= 15 is 0 Å². The van der Waals surface area contributed by atoms with E-state index in [1.807, 2.05) is 24.3 Å². The summed E-state index contributed by atoms with van der Waals surface area (Å²) in [7, 11) is 0. The van der Waals surface area contributed by atoms with Crippen LogP contribution in [0.5, 0.6) is 5.75 Å². The molecule has 1 amide bonds. The Morgan fingerprint density at radius 1 is 1.08 bits per heavy atom. The number of rotatable bonds is 9. The molecule has 10 heteroatoms. The number of amides is 1. The first-order valence-electron chi connectivity index (χ1n) is 11.9. The van der Waals surface area contributed by atoms with E-state index in [1.165, 1.54) is 4.90 Å². The second-order valence-corrected chi connectivity index (χ2v) is 11.3. The highest BCUT2D eigenvalue weighted by atomic mass is 79.9. The van der Waals surface area contributed by atoms with Crippen LogP contribution in [0.25, 0.3) is 17.0 Å². The average molecular weight is 622 g/mol. The van der Waals surface area contributed by atoms with Crippen LogP contribution in [0, 0.1) is 0 Å². The van der Waals surface area contributed by atoms with Gasteiger partial charge >= 0.3 is 5.97 Å². The molecule has 1 aromatic heterocycles. The fraction of sp³-hybridized carbons (Fsp3) is 0.103. The molecule has 1 aliphatic heterocycles. The minimum atomic E-state index is -1.14. The van der Waals surface area contributed by atoms with Crippen molar-refractivity contribution < 1.29 is 24.2 Å². The molecule has 2 heterocycles. The summed E-state index contributed by atoms with van der Waals surface area (Å²) in [5.41, 5.74) is 2.96. The number of aromatic nitrogens is 1. The van der Waals surface area contributed by atoms with Crippen LogP contribution in [-0.4, -0.2) is 49.6 Å². The first-order chi connectivity index (χ1) is 18.8. The number of carbonyl (C=O) groups excluding carboxylic acids is 2. The number of aliphatic carboxylic acids is 1. The zero-order valence-corrected chi connectivity index (χ0v) is 23.5. The smallest absolute Gasteiger partial charge is 0.327 e. The number of para-hydroxylation sites is 1. The van der Waals surface area contributed by atoms with E-state index in [-0.39, 0.29) is 23.1 Å². The fourth-order valence-electron chi connectivity index (χ4n) is 4.23. The van der Waals surface area contributed by atoms with Gasteiger partial charge in [-0.1, -0.05) is 82.4 Å². The predicted octanol–water partition coefficient (Wildman–Crippen LogP) is 6.09. The zero-order chi connectivity index (χ0) is 27.5. The van der Waals surface area contributed by atoms with Crippen molar-refractivity contribution in [2.45, 2.75) is 12.5 Å². The Kier molecular flexibility index (Phi) is 7.97. The Balaban J connectivity index is 1.27. The maximum Gasteiger partial charge on any atom is 0.327 e. The van der Waals surface area contributed by atoms with Crippen LogP contribution in [0.2, 0.25) is 0 Å². The second-order valence-electron chi connectivity index (χ2n) is 8.76. The number of carboxylic acids is 1. The van der Waals surface area contributed by atoms with E-state index in [0.29, 0.717) is 21.8 Å². The van der Waals surface area contributed by atoms with Crippen molar-refractivity contribution in [3.05, 3.63) is 105 Å². The van der Waals surface area contributed by atoms with E-state index in [1.54, 1.807) is 60.8 Å². The van der Waals surface area contributed by atoms with Gasteiger partial charge in [0.1, 0.15) is 16.1 Å². The molecule has 0 saturated carbocycles. The highest BCUT2D eigenvalue weighted by molar-refractivity contribution is 9.10. The van der Waals surface area contributed by atoms with E-state index < -0.39 is 17.9 Å². The minimum absolute atomic E-state index is 0.105. The SMILES string of the molecule is O=C(COc1ccc(/C=C2\SC(=S)N([C@@H](Cc3c[nH]c4ccccc34)C(=O)O)C2=O)cc1)c1ccc(Br)cc1. The summed E-state index contributed by atoms with van der Waals surface area (Å²) >= 11 is 9.84. The molecule has 1 atom stereocenters. The van der Waals surface area contributed by atoms with Gasteiger partial charge in [-0.15, -0.1) is 0 Å². The van der Waals surface area contributed by atoms with Crippen LogP contribution in [0.4, 0.5) is 0 Å². The van der Waals surface area contributed by atoms with Crippen molar-refractivity contribution in [2.24, 2.45) is 0 Å². The molecule has 39 heavy (non-hydrogen) atoms. The second kappa shape index (κ2) is 11.6. The average Bonchev–Trinajstić information content (AvgIpc) is 3.46. The van der Waals surface area contributed by atoms with Gasteiger partial charge in [0.05, 0.1) is 4.91 Å². The molecule has 4 aromatic rings. The molecule has 2 N–H and O–H groups in total. The van der Waals surface area contributed by atoms with Crippen molar-refractivity contribution in [1.82, 2.24) is 9.88 Å². The van der Waals surface area contributed by atoms with Crippen LogP contribution in [0.3, 0.4) is 0 Å². The summed E-state index contributed by atoms with van der Waals surface area (Å²) < 4.78 is 6.71. The predicted molar refractivity (Wildman–Crippen MR) is 159 cm³/mol. The van der Waals surface area contributed by atoms with Crippen molar-refractivity contribution in [2.75, 3.05) is 6.61 Å². The molecule has 5 rings (SSSR count). The molecule has 0 bridgehead atoms. The van der Waals surface area contributed by atoms with Crippen LogP contribution in [0.15, 0.2) is 88.4 Å². The number of ketones is 1. The monoisotopic (exact) mass is 620 g/mol. The van der Waals surface area contributed by atoms with E-state index in [2.05, 4.69) is 20.9 Å². The number of nitrogens with one attached hydrogen (secondary N) is 1. The van der Waals surface area contributed by atoms with Gasteiger partial charge in [-0.3, -0.25) is 14.5 Å². The molecule has 0 unspecified atom stereocenters. The van der Waals surface area contributed by atoms with Crippen LogP contribution in [-0.2, 0) is 16.0 Å². The van der Waals surface area contributed by atoms with Gasteiger partial charge in [0.15, 0.2) is 12.4 Å². The van der Waals surface area contributed by atoms with Crippen molar-refractivity contribution in [3.63, 3.8) is 0 Å². The summed E-state index contributed by atoms with van der Waals surface area (Å²) in [6.07, 6.45) is 3.55. The Morgan fingerprint density at radius 2 is 1.79 bits per heavy atom. The molecule has 7 nitrogen and oxygen atoms in total. The maximum absolute atomic E-state index is 13.3. The summed E-state index contributed by atoms with van der Waals surface area (Å²) in [6, 6.07) is 20.4. The van der Waals surface area contributed by atoms with Crippen molar-refractivity contribution in [1.29, 1.82) is 0 Å². The number of nitrogens with zero attached hydrogens (tertiary/aromatic N) is 1. The third-order valence-electron chi connectivity index (χ3n) is 6.22. The number of halogens is 1. The van der Waals surface area contributed by atoms with Gasteiger partial charge < -0.3 is 14.8 Å². The lowest BCUT2D eigenvalue weighted by Gasteiger charge is -2.23. The van der Waals surface area contributed by atoms with Gasteiger partial charge in [0, 0.05) is 33.6 Å². The van der Waals surface area contributed by atoms with E-state index in [0.717, 1.165) is 32.7 Å². The lowest BCUT2D eigenvalue weighted by molar-refractivity contribution is -0.145. The molecule has 1 aliphatic rings. The number of thioether (sulfide) groups is 1. The molecule has 0 radical (unpaired) electrons. The molecule has 0 aliphatic carbocycles. The molecule has 0 spiro atoms. The van der Waals surface area contributed by atoms with Crippen LogP contribution >= 0.6 is 39.9 Å². The molecule has 196 valence electrons. The fourth-order valence-corrected chi connectivity index (χ4v) is 5.85. The summed E-state index contributed by atoms with van der Waals surface area (Å²) in [6.45, 7) is -0.105. The lowest BCUT2D eigenvalue weighted by atomic mass is 10.0. The third kappa shape index (κ3) is 5.98. The number of ether oxygens (including phenoxy) is 1. The lowest BCUT2D eigenvalue weighted by Crippen LogP contribution is -2.45. The zero-order valence-electron chi connectivity index (χ0n) is 20.3. The number of hydrogen-bond donors (Lipinski definition) is 2. The van der Waals surface area contributed by atoms with E-state index in [4.69, 9.17) is 17.0 Å². The summed E-state index contributed by atoms with van der Waals surface area (Å²) in [5, 5.41) is 10.9. The largest absolute Gasteiger partial charge is 0.485 e. The summed E-state index contributed by atoms with van der Waals surface area (Å²) in [4.78, 5) is 42.5. The highest BCUT2D eigenvalue weighted by Gasteiger charge is 2.40. The van der Waals surface area contributed by atoms with Crippen LogP contribution in [0.1, 0.15) is 21.5 Å². The topological polar surface area (TPSA) is 99.7 Å². The maximum atomic E-state index is 13.3. The molecular formula is C29H21BrN2O5S2. The Hall–Kier alpha value is -3.73. The number of Topliss-reactive ketones (excluding diaryl/α,β-unsaturated/α-hetero) is 1. The summed E-state index contributed by atoms with van der Waals surface area (Å²) in [5.74, 6) is -1.21. The molecule has 3 aromatic carbocycles.